The van der Waals surface area contributed by atoms with E-state index in [-0.39, 0.29) is 6.42 Å². The molecule has 0 saturated heterocycles. The number of hydrogen-bond acceptors (Lipinski definition) is 5. The van der Waals surface area contributed by atoms with Crippen molar-refractivity contribution in [1.29, 1.82) is 0 Å². The van der Waals surface area contributed by atoms with Crippen molar-refractivity contribution in [3.05, 3.63) is 35.9 Å². The van der Waals surface area contributed by atoms with Crippen molar-refractivity contribution in [2.24, 2.45) is 0 Å². The van der Waals surface area contributed by atoms with Gasteiger partial charge < -0.3 is 19.9 Å². The second-order valence-corrected chi connectivity index (χ2v) is 4.22. The highest BCUT2D eigenvalue weighted by Gasteiger charge is 2.21. The average molecular weight is 295 g/mol. The maximum Gasteiger partial charge on any atom is 0.329 e. The number of rotatable bonds is 8. The molecule has 1 aromatic rings. The number of benzene rings is 1. The van der Waals surface area contributed by atoms with Gasteiger partial charge in [0.25, 0.3) is 0 Å². The van der Waals surface area contributed by atoms with Gasteiger partial charge in [0.1, 0.15) is 19.3 Å². The summed E-state index contributed by atoms with van der Waals surface area (Å²) in [7, 11) is 1.23. The van der Waals surface area contributed by atoms with E-state index in [9.17, 15) is 14.4 Å². The van der Waals surface area contributed by atoms with Gasteiger partial charge in [0, 0.05) is 6.42 Å². The summed E-state index contributed by atoms with van der Waals surface area (Å²) >= 11 is 0. The van der Waals surface area contributed by atoms with Crippen molar-refractivity contribution in [1.82, 2.24) is 5.32 Å². The lowest BCUT2D eigenvalue weighted by atomic mass is 10.1. The van der Waals surface area contributed by atoms with Crippen LogP contribution in [0, 0.1) is 0 Å². The Kier molecular flexibility index (Phi) is 6.90. The highest BCUT2D eigenvalue weighted by Crippen LogP contribution is 2.04. The standard InChI is InChI=1S/C14H17NO6/c1-20-14(19)11(7-10-5-3-2-4-6-10)15-12(16)8-21-9-13(17)18/h2-6,11H,7-9H2,1H3,(H,15,16)(H,17,18). The van der Waals surface area contributed by atoms with Crippen LogP contribution in [0.25, 0.3) is 0 Å². The van der Waals surface area contributed by atoms with Crippen LogP contribution in [-0.2, 0) is 30.3 Å². The van der Waals surface area contributed by atoms with E-state index < -0.39 is 37.1 Å². The Bertz CT molecular complexity index is 487. The molecule has 7 heteroatoms. The van der Waals surface area contributed by atoms with Crippen LogP contribution in [0.15, 0.2) is 30.3 Å². The van der Waals surface area contributed by atoms with E-state index in [0.717, 1.165) is 5.56 Å². The summed E-state index contributed by atoms with van der Waals surface area (Å²) in [6, 6.07) is 8.28. The molecule has 0 aliphatic carbocycles. The fourth-order valence-electron chi connectivity index (χ4n) is 1.65. The Morgan fingerprint density at radius 3 is 2.43 bits per heavy atom. The summed E-state index contributed by atoms with van der Waals surface area (Å²) in [5, 5.41) is 10.9. The summed E-state index contributed by atoms with van der Waals surface area (Å²) in [5.74, 6) is -2.33. The first kappa shape index (κ1) is 16.6. The fourth-order valence-corrected chi connectivity index (χ4v) is 1.65. The summed E-state index contributed by atoms with van der Waals surface area (Å²) in [4.78, 5) is 33.5. The third kappa shape index (κ3) is 6.53. The largest absolute Gasteiger partial charge is 0.480 e. The molecule has 0 saturated carbocycles. The second-order valence-electron chi connectivity index (χ2n) is 4.22. The molecule has 1 rings (SSSR count). The topological polar surface area (TPSA) is 102 Å². The van der Waals surface area contributed by atoms with Crippen molar-refractivity contribution in [2.75, 3.05) is 20.3 Å². The Morgan fingerprint density at radius 1 is 1.19 bits per heavy atom. The SMILES string of the molecule is COC(=O)C(Cc1ccccc1)NC(=O)COCC(=O)O. The van der Waals surface area contributed by atoms with Gasteiger partial charge in [-0.2, -0.15) is 0 Å². The monoisotopic (exact) mass is 295 g/mol. The predicted molar refractivity (Wildman–Crippen MR) is 72.5 cm³/mol. The van der Waals surface area contributed by atoms with Crippen molar-refractivity contribution in [3.63, 3.8) is 0 Å². The van der Waals surface area contributed by atoms with Gasteiger partial charge in [-0.3, -0.25) is 4.79 Å². The van der Waals surface area contributed by atoms with Gasteiger partial charge in [-0.1, -0.05) is 30.3 Å². The Labute approximate surface area is 121 Å². The second kappa shape index (κ2) is 8.70. The molecule has 0 aliphatic heterocycles. The van der Waals surface area contributed by atoms with Gasteiger partial charge in [-0.15, -0.1) is 0 Å². The highest BCUT2D eigenvalue weighted by molar-refractivity contribution is 5.85. The van der Waals surface area contributed by atoms with E-state index in [2.05, 4.69) is 14.8 Å². The normalized spacial score (nSPS) is 11.5. The maximum absolute atomic E-state index is 11.7. The third-order valence-electron chi connectivity index (χ3n) is 2.56. The smallest absolute Gasteiger partial charge is 0.329 e. The summed E-state index contributed by atoms with van der Waals surface area (Å²) in [6.07, 6.45) is 0.276. The molecule has 0 aliphatic rings. The lowest BCUT2D eigenvalue weighted by Gasteiger charge is -2.16. The fraction of sp³-hybridized carbons (Fsp3) is 0.357. The van der Waals surface area contributed by atoms with Gasteiger partial charge in [0.2, 0.25) is 5.91 Å². The number of carbonyl (C=O) groups is 3. The van der Waals surface area contributed by atoms with Crippen LogP contribution in [0.1, 0.15) is 5.56 Å². The van der Waals surface area contributed by atoms with Crippen molar-refractivity contribution >= 4 is 17.8 Å². The molecule has 7 nitrogen and oxygen atoms in total. The van der Waals surface area contributed by atoms with Gasteiger partial charge in [-0.25, -0.2) is 9.59 Å². The molecule has 1 atom stereocenters. The zero-order valence-electron chi connectivity index (χ0n) is 11.6. The highest BCUT2D eigenvalue weighted by atomic mass is 16.5. The number of amides is 1. The molecular weight excluding hydrogens is 278 g/mol. The summed E-state index contributed by atoms with van der Waals surface area (Å²) in [5.41, 5.74) is 0.861. The first-order chi connectivity index (χ1) is 10.0. The molecule has 0 bridgehead atoms. The number of carboxylic acid groups (broad SMARTS) is 1. The molecule has 0 spiro atoms. The van der Waals surface area contributed by atoms with E-state index in [1.54, 1.807) is 0 Å². The molecule has 21 heavy (non-hydrogen) atoms. The number of carboxylic acids is 1. The minimum atomic E-state index is -1.17. The molecule has 0 radical (unpaired) electrons. The molecule has 1 unspecified atom stereocenters. The quantitative estimate of drug-likeness (QED) is 0.654. The molecule has 1 aromatic carbocycles. The minimum Gasteiger partial charge on any atom is -0.480 e. The maximum atomic E-state index is 11.7. The van der Waals surface area contributed by atoms with E-state index in [1.807, 2.05) is 30.3 Å². The summed E-state index contributed by atoms with van der Waals surface area (Å²) < 4.78 is 9.30. The minimum absolute atomic E-state index is 0.276. The van der Waals surface area contributed by atoms with Gasteiger partial charge in [0.15, 0.2) is 0 Å². The Hall–Kier alpha value is -2.41. The predicted octanol–water partition coefficient (Wildman–Crippen LogP) is -0.0119. The van der Waals surface area contributed by atoms with E-state index in [4.69, 9.17) is 5.11 Å². The molecule has 0 fully saturated rings. The zero-order chi connectivity index (χ0) is 15.7. The zero-order valence-corrected chi connectivity index (χ0v) is 11.6. The number of hydrogen-bond donors (Lipinski definition) is 2. The van der Waals surface area contributed by atoms with Crippen molar-refractivity contribution in [2.45, 2.75) is 12.5 Å². The molecule has 2 N–H and O–H groups in total. The summed E-state index contributed by atoms with van der Waals surface area (Å²) in [6.45, 7) is -1.01. The van der Waals surface area contributed by atoms with Crippen LogP contribution in [0.3, 0.4) is 0 Å². The molecule has 1 amide bonds. The van der Waals surface area contributed by atoms with Crippen LogP contribution in [-0.4, -0.2) is 49.3 Å². The number of nitrogens with one attached hydrogen (secondary N) is 1. The molecule has 114 valence electrons. The molecule has 0 heterocycles. The first-order valence-corrected chi connectivity index (χ1v) is 6.23. The van der Waals surface area contributed by atoms with Crippen LogP contribution in [0.4, 0.5) is 0 Å². The number of aliphatic carboxylic acids is 1. The van der Waals surface area contributed by atoms with Crippen LogP contribution in [0.2, 0.25) is 0 Å². The Balaban J connectivity index is 2.56. The Morgan fingerprint density at radius 2 is 1.86 bits per heavy atom. The average Bonchev–Trinajstić information content (AvgIpc) is 2.46. The lowest BCUT2D eigenvalue weighted by molar-refractivity contribution is -0.147. The van der Waals surface area contributed by atoms with Crippen LogP contribution < -0.4 is 5.32 Å². The molecule has 0 aromatic heterocycles. The van der Waals surface area contributed by atoms with E-state index in [1.165, 1.54) is 7.11 Å². The van der Waals surface area contributed by atoms with Crippen LogP contribution in [0.5, 0.6) is 0 Å². The number of methoxy groups -OCH3 is 1. The molecular formula is C14H17NO6. The number of carbonyl (C=O) groups excluding carboxylic acids is 2. The van der Waals surface area contributed by atoms with Crippen LogP contribution >= 0.6 is 0 Å². The van der Waals surface area contributed by atoms with E-state index in [0.29, 0.717) is 0 Å². The lowest BCUT2D eigenvalue weighted by Crippen LogP contribution is -2.44. The van der Waals surface area contributed by atoms with Gasteiger partial charge >= 0.3 is 11.9 Å². The van der Waals surface area contributed by atoms with E-state index >= 15 is 0 Å². The third-order valence-corrected chi connectivity index (χ3v) is 2.56. The van der Waals surface area contributed by atoms with Gasteiger partial charge in [0.05, 0.1) is 7.11 Å². The first-order valence-electron chi connectivity index (χ1n) is 6.23. The number of ether oxygens (including phenoxy) is 2. The van der Waals surface area contributed by atoms with Crippen molar-refractivity contribution < 1.29 is 29.0 Å². The van der Waals surface area contributed by atoms with Crippen molar-refractivity contribution in [3.8, 4) is 0 Å². The number of esters is 1. The van der Waals surface area contributed by atoms with Gasteiger partial charge in [-0.05, 0) is 5.56 Å².